The van der Waals surface area contributed by atoms with Crippen LogP contribution in [0.5, 0.6) is 0 Å². The first-order chi connectivity index (χ1) is 17.3. The van der Waals surface area contributed by atoms with E-state index in [0.29, 0.717) is 5.15 Å². The van der Waals surface area contributed by atoms with Gasteiger partial charge >= 0.3 is 0 Å². The Morgan fingerprint density at radius 3 is 1.51 bits per heavy atom. The van der Waals surface area contributed by atoms with E-state index in [0.717, 1.165) is 38.9 Å². The quantitative estimate of drug-likeness (QED) is 0.191. The Labute approximate surface area is 209 Å². The van der Waals surface area contributed by atoms with E-state index >= 15 is 0 Å². The first-order valence-corrected chi connectivity index (χ1v) is 11.9. The summed E-state index contributed by atoms with van der Waals surface area (Å²) < 4.78 is 2.26. The fourth-order valence-electron chi connectivity index (χ4n) is 5.07. The van der Waals surface area contributed by atoms with Crippen LogP contribution in [-0.4, -0.2) is 14.5 Å². The standard InChI is InChI=1S/C31H22ClN3/c32-29-28-27(23-13-5-1-6-14-23)21-35(30(28)34-22-33-29)31(24-15-7-2-8-16-24,25-17-9-3-10-18-25)26-19-11-4-12-20-26/h1-22H. The van der Waals surface area contributed by atoms with E-state index in [-0.39, 0.29) is 0 Å². The number of aromatic nitrogens is 3. The smallest absolute Gasteiger partial charge is 0.146 e. The number of nitrogens with zero attached hydrogens (tertiary/aromatic N) is 3. The number of hydrogen-bond donors (Lipinski definition) is 0. The summed E-state index contributed by atoms with van der Waals surface area (Å²) in [5.74, 6) is 0. The summed E-state index contributed by atoms with van der Waals surface area (Å²) in [5, 5.41) is 1.28. The molecule has 2 heterocycles. The lowest BCUT2D eigenvalue weighted by Gasteiger charge is -2.38. The molecule has 0 saturated carbocycles. The minimum absolute atomic E-state index is 0.440. The maximum absolute atomic E-state index is 6.75. The zero-order valence-corrected chi connectivity index (χ0v) is 19.7. The number of benzene rings is 4. The molecule has 168 valence electrons. The van der Waals surface area contributed by atoms with Gasteiger partial charge in [-0.05, 0) is 22.3 Å². The van der Waals surface area contributed by atoms with Crippen LogP contribution in [0.15, 0.2) is 134 Å². The average Bonchev–Trinajstić information content (AvgIpc) is 3.33. The molecule has 6 aromatic rings. The molecule has 0 atom stereocenters. The van der Waals surface area contributed by atoms with Gasteiger partial charge < -0.3 is 4.57 Å². The summed E-state index contributed by atoms with van der Waals surface area (Å²) in [6, 6.07) is 42.0. The first-order valence-electron chi connectivity index (χ1n) is 11.5. The molecule has 35 heavy (non-hydrogen) atoms. The summed E-state index contributed by atoms with van der Waals surface area (Å²) in [6.45, 7) is 0. The van der Waals surface area contributed by atoms with Crippen molar-refractivity contribution in [2.24, 2.45) is 0 Å². The van der Waals surface area contributed by atoms with Crippen LogP contribution in [0, 0.1) is 0 Å². The Bertz CT molecular complexity index is 1480. The summed E-state index contributed by atoms with van der Waals surface area (Å²) >= 11 is 6.75. The third-order valence-corrected chi connectivity index (χ3v) is 6.84. The summed E-state index contributed by atoms with van der Waals surface area (Å²) in [5.41, 5.74) is 5.54. The van der Waals surface area contributed by atoms with Gasteiger partial charge in [-0.15, -0.1) is 0 Å². The van der Waals surface area contributed by atoms with Crippen LogP contribution in [0.1, 0.15) is 16.7 Å². The van der Waals surface area contributed by atoms with Gasteiger partial charge in [0.2, 0.25) is 0 Å². The first kappa shape index (κ1) is 21.3. The van der Waals surface area contributed by atoms with Crippen molar-refractivity contribution < 1.29 is 0 Å². The van der Waals surface area contributed by atoms with Gasteiger partial charge in [-0.3, -0.25) is 0 Å². The molecule has 0 saturated heterocycles. The topological polar surface area (TPSA) is 30.7 Å². The van der Waals surface area contributed by atoms with Crippen molar-refractivity contribution in [1.82, 2.24) is 14.5 Å². The van der Waals surface area contributed by atoms with Crippen LogP contribution in [0.2, 0.25) is 5.15 Å². The number of halogens is 1. The van der Waals surface area contributed by atoms with Gasteiger partial charge in [0, 0.05) is 11.8 Å². The Morgan fingerprint density at radius 1 is 0.571 bits per heavy atom. The second-order valence-electron chi connectivity index (χ2n) is 8.45. The maximum atomic E-state index is 6.75. The Kier molecular flexibility index (Phi) is 5.40. The molecule has 6 rings (SSSR count). The van der Waals surface area contributed by atoms with Gasteiger partial charge in [0.1, 0.15) is 22.7 Å². The maximum Gasteiger partial charge on any atom is 0.146 e. The van der Waals surface area contributed by atoms with Crippen molar-refractivity contribution >= 4 is 22.6 Å². The predicted molar refractivity (Wildman–Crippen MR) is 143 cm³/mol. The molecular formula is C31H22ClN3. The minimum atomic E-state index is -0.688. The molecule has 0 aliphatic rings. The van der Waals surface area contributed by atoms with Crippen molar-refractivity contribution in [3.8, 4) is 11.1 Å². The third-order valence-electron chi connectivity index (χ3n) is 6.56. The van der Waals surface area contributed by atoms with E-state index in [9.17, 15) is 0 Å². The molecule has 0 bridgehead atoms. The Hall–Kier alpha value is -4.21. The fourth-order valence-corrected chi connectivity index (χ4v) is 5.30. The summed E-state index contributed by atoms with van der Waals surface area (Å²) in [7, 11) is 0. The van der Waals surface area contributed by atoms with Crippen molar-refractivity contribution in [2.75, 3.05) is 0 Å². The molecular weight excluding hydrogens is 450 g/mol. The van der Waals surface area contributed by atoms with Crippen LogP contribution in [0.3, 0.4) is 0 Å². The molecule has 0 spiro atoms. The normalized spacial score (nSPS) is 11.6. The van der Waals surface area contributed by atoms with E-state index in [1.165, 1.54) is 0 Å². The van der Waals surface area contributed by atoms with Gasteiger partial charge in [-0.2, -0.15) is 0 Å². The summed E-state index contributed by atoms with van der Waals surface area (Å²) in [6.07, 6.45) is 3.72. The number of rotatable bonds is 5. The lowest BCUT2D eigenvalue weighted by Crippen LogP contribution is -2.37. The van der Waals surface area contributed by atoms with Crippen molar-refractivity contribution in [1.29, 1.82) is 0 Å². The van der Waals surface area contributed by atoms with E-state index in [2.05, 4.69) is 101 Å². The fraction of sp³-hybridized carbons (Fsp3) is 0.0323. The SMILES string of the molecule is Clc1ncnc2c1c(-c1ccccc1)cn2C(c1ccccc1)(c1ccccc1)c1ccccc1. The highest BCUT2D eigenvalue weighted by Gasteiger charge is 2.40. The average molecular weight is 472 g/mol. The van der Waals surface area contributed by atoms with Crippen LogP contribution < -0.4 is 0 Å². The van der Waals surface area contributed by atoms with Gasteiger partial charge in [0.15, 0.2) is 0 Å². The van der Waals surface area contributed by atoms with E-state index in [1.54, 1.807) is 6.33 Å². The highest BCUT2D eigenvalue weighted by atomic mass is 35.5. The van der Waals surface area contributed by atoms with Gasteiger partial charge in [-0.1, -0.05) is 133 Å². The molecule has 0 aliphatic heterocycles. The summed E-state index contributed by atoms with van der Waals surface area (Å²) in [4.78, 5) is 9.15. The third kappa shape index (κ3) is 3.44. The zero-order chi connectivity index (χ0) is 23.7. The van der Waals surface area contributed by atoms with Gasteiger partial charge in [0.25, 0.3) is 0 Å². The molecule has 2 aromatic heterocycles. The van der Waals surface area contributed by atoms with E-state index in [4.69, 9.17) is 16.6 Å². The molecule has 0 amide bonds. The minimum Gasteiger partial charge on any atom is -0.313 e. The molecule has 0 unspecified atom stereocenters. The molecule has 4 aromatic carbocycles. The second kappa shape index (κ2) is 8.86. The highest BCUT2D eigenvalue weighted by molar-refractivity contribution is 6.35. The molecule has 3 nitrogen and oxygen atoms in total. The van der Waals surface area contributed by atoms with Crippen molar-refractivity contribution in [2.45, 2.75) is 5.54 Å². The van der Waals surface area contributed by atoms with E-state index < -0.39 is 5.54 Å². The van der Waals surface area contributed by atoms with Crippen LogP contribution in [0.4, 0.5) is 0 Å². The molecule has 0 aliphatic carbocycles. The van der Waals surface area contributed by atoms with Crippen molar-refractivity contribution in [3.63, 3.8) is 0 Å². The number of fused-ring (bicyclic) bond motifs is 1. The predicted octanol–water partition coefficient (Wildman–Crippen LogP) is 7.59. The van der Waals surface area contributed by atoms with Gasteiger partial charge in [0.05, 0.1) is 5.39 Å². The lowest BCUT2D eigenvalue weighted by atomic mass is 9.76. The largest absolute Gasteiger partial charge is 0.313 e. The second-order valence-corrected chi connectivity index (χ2v) is 8.81. The molecule has 4 heteroatoms. The van der Waals surface area contributed by atoms with Gasteiger partial charge in [-0.25, -0.2) is 9.97 Å². The van der Waals surface area contributed by atoms with E-state index in [1.807, 2.05) is 36.4 Å². The monoisotopic (exact) mass is 471 g/mol. The van der Waals surface area contributed by atoms with Crippen LogP contribution >= 0.6 is 11.6 Å². The molecule has 0 fully saturated rings. The number of hydrogen-bond acceptors (Lipinski definition) is 2. The lowest BCUT2D eigenvalue weighted by molar-refractivity contribution is 0.530. The highest BCUT2D eigenvalue weighted by Crippen LogP contribution is 2.45. The molecule has 0 radical (unpaired) electrons. The van der Waals surface area contributed by atoms with Crippen molar-refractivity contribution in [3.05, 3.63) is 156 Å². The molecule has 0 N–H and O–H groups in total. The zero-order valence-electron chi connectivity index (χ0n) is 18.9. The Balaban J connectivity index is 1.81. The van der Waals surface area contributed by atoms with Crippen LogP contribution in [-0.2, 0) is 5.54 Å². The van der Waals surface area contributed by atoms with Crippen LogP contribution in [0.25, 0.3) is 22.2 Å². The Morgan fingerprint density at radius 2 is 1.03 bits per heavy atom.